The van der Waals surface area contributed by atoms with Crippen molar-refractivity contribution in [2.75, 3.05) is 6.61 Å². The maximum atomic E-state index is 14.0. The molecule has 0 amide bonds. The van der Waals surface area contributed by atoms with Crippen LogP contribution in [0.2, 0.25) is 0 Å². The van der Waals surface area contributed by atoms with Gasteiger partial charge in [0.15, 0.2) is 11.6 Å². The minimum atomic E-state index is -0.947. The van der Waals surface area contributed by atoms with Crippen molar-refractivity contribution < 1.29 is 9.13 Å². The molecule has 0 saturated heterocycles. The van der Waals surface area contributed by atoms with E-state index in [1.807, 2.05) is 0 Å². The molecular weight excluding hydrogens is 411 g/mol. The zero-order chi connectivity index (χ0) is 23.7. The van der Waals surface area contributed by atoms with Gasteiger partial charge in [-0.25, -0.2) is 14.4 Å². The molecule has 1 aromatic heterocycles. The molecule has 4 heteroatoms. The van der Waals surface area contributed by atoms with Crippen LogP contribution in [0.25, 0.3) is 11.4 Å². The molecule has 1 aromatic carbocycles. The van der Waals surface area contributed by atoms with E-state index in [-0.39, 0.29) is 6.61 Å². The van der Waals surface area contributed by atoms with Gasteiger partial charge < -0.3 is 4.74 Å². The molecule has 1 heterocycles. The summed E-state index contributed by atoms with van der Waals surface area (Å²) >= 11 is 0. The van der Waals surface area contributed by atoms with Crippen molar-refractivity contribution in [3.8, 4) is 17.1 Å². The van der Waals surface area contributed by atoms with Crippen LogP contribution in [-0.4, -0.2) is 22.7 Å². The number of aromatic nitrogens is 2. The highest BCUT2D eigenvalue weighted by Crippen LogP contribution is 2.20. The lowest BCUT2D eigenvalue weighted by Crippen LogP contribution is -2.14. The van der Waals surface area contributed by atoms with Crippen LogP contribution in [0.15, 0.2) is 36.7 Å². The Labute approximate surface area is 201 Å². The first-order valence-corrected chi connectivity index (χ1v) is 13.3. The summed E-state index contributed by atoms with van der Waals surface area (Å²) in [5.74, 6) is 1.75. The minimum absolute atomic E-state index is 0.0622. The molecule has 0 bridgehead atoms. The topological polar surface area (TPSA) is 35.0 Å². The van der Waals surface area contributed by atoms with E-state index in [9.17, 15) is 4.39 Å². The lowest BCUT2D eigenvalue weighted by molar-refractivity contribution is 0.178. The van der Waals surface area contributed by atoms with Gasteiger partial charge in [0.25, 0.3) is 0 Å². The summed E-state index contributed by atoms with van der Waals surface area (Å²) in [5, 5.41) is 0. The van der Waals surface area contributed by atoms with Crippen molar-refractivity contribution in [1.29, 1.82) is 0 Å². The van der Waals surface area contributed by atoms with E-state index in [0.29, 0.717) is 23.9 Å². The van der Waals surface area contributed by atoms with E-state index in [4.69, 9.17) is 4.74 Å². The molecule has 2 rings (SSSR count). The molecule has 0 aliphatic carbocycles. The Morgan fingerprint density at radius 2 is 1.42 bits per heavy atom. The van der Waals surface area contributed by atoms with Gasteiger partial charge in [0, 0.05) is 5.56 Å². The lowest BCUT2D eigenvalue weighted by atomic mass is 10.0. The Morgan fingerprint density at radius 1 is 0.818 bits per heavy atom. The van der Waals surface area contributed by atoms with Gasteiger partial charge in [0.05, 0.1) is 12.4 Å². The Morgan fingerprint density at radius 3 is 2.03 bits per heavy atom. The van der Waals surface area contributed by atoms with Crippen LogP contribution < -0.4 is 4.74 Å². The van der Waals surface area contributed by atoms with E-state index in [1.165, 1.54) is 63.4 Å². The summed E-state index contributed by atoms with van der Waals surface area (Å²) in [5.41, 5.74) is 2.36. The quantitative estimate of drug-likeness (QED) is 0.210. The van der Waals surface area contributed by atoms with E-state index in [2.05, 4.69) is 55.0 Å². The summed E-state index contributed by atoms with van der Waals surface area (Å²) in [7, 11) is 0. The highest BCUT2D eigenvalue weighted by molar-refractivity contribution is 5.55. The Balaban J connectivity index is 1.66. The monoisotopic (exact) mass is 456 g/mol. The van der Waals surface area contributed by atoms with E-state index in [1.54, 1.807) is 12.4 Å². The van der Waals surface area contributed by atoms with E-state index < -0.39 is 6.17 Å². The minimum Gasteiger partial charge on any atom is -0.487 e. The normalized spacial score (nSPS) is 13.1. The summed E-state index contributed by atoms with van der Waals surface area (Å²) in [6, 6.07) is 8.54. The molecule has 0 aliphatic heterocycles. The van der Waals surface area contributed by atoms with Crippen molar-refractivity contribution in [3.05, 3.63) is 42.2 Å². The largest absolute Gasteiger partial charge is 0.487 e. The van der Waals surface area contributed by atoms with Gasteiger partial charge in [-0.1, -0.05) is 103 Å². The van der Waals surface area contributed by atoms with Crippen molar-refractivity contribution in [2.24, 2.45) is 5.92 Å². The number of benzene rings is 1. The number of aryl methyl sites for hydroxylation is 1. The first kappa shape index (κ1) is 27.3. The molecule has 3 nitrogen and oxygen atoms in total. The third-order valence-corrected chi connectivity index (χ3v) is 6.51. The zero-order valence-electron chi connectivity index (χ0n) is 21.2. The molecular formula is C29H45FN2O. The molecule has 0 aliphatic rings. The highest BCUT2D eigenvalue weighted by Gasteiger charge is 2.10. The predicted molar refractivity (Wildman–Crippen MR) is 137 cm³/mol. The van der Waals surface area contributed by atoms with Crippen LogP contribution >= 0.6 is 0 Å². The van der Waals surface area contributed by atoms with Crippen LogP contribution in [0, 0.1) is 5.92 Å². The molecule has 2 atom stereocenters. The van der Waals surface area contributed by atoms with Crippen LogP contribution in [0.1, 0.15) is 103 Å². The van der Waals surface area contributed by atoms with Gasteiger partial charge >= 0.3 is 0 Å². The van der Waals surface area contributed by atoms with Gasteiger partial charge in [-0.15, -0.1) is 0 Å². The van der Waals surface area contributed by atoms with Crippen LogP contribution in [-0.2, 0) is 6.42 Å². The molecule has 2 aromatic rings. The number of halogens is 1. The number of hydrogen-bond acceptors (Lipinski definition) is 3. The van der Waals surface area contributed by atoms with Gasteiger partial charge in [0.2, 0.25) is 0 Å². The van der Waals surface area contributed by atoms with Crippen molar-refractivity contribution in [2.45, 2.75) is 110 Å². The Hall–Kier alpha value is -1.97. The smallest absolute Gasteiger partial charge is 0.159 e. The number of nitrogens with zero attached hydrogens (tertiary/aromatic N) is 2. The molecule has 0 saturated carbocycles. The number of ether oxygens (including phenoxy) is 1. The van der Waals surface area contributed by atoms with E-state index >= 15 is 0 Å². The second kappa shape index (κ2) is 16.6. The van der Waals surface area contributed by atoms with Crippen molar-refractivity contribution in [1.82, 2.24) is 9.97 Å². The van der Waals surface area contributed by atoms with Crippen LogP contribution in [0.4, 0.5) is 4.39 Å². The average molecular weight is 457 g/mol. The maximum Gasteiger partial charge on any atom is 0.159 e. The van der Waals surface area contributed by atoms with Crippen molar-refractivity contribution >= 4 is 0 Å². The first-order valence-electron chi connectivity index (χ1n) is 13.3. The van der Waals surface area contributed by atoms with Crippen molar-refractivity contribution in [3.63, 3.8) is 0 Å². The van der Waals surface area contributed by atoms with Gasteiger partial charge in [-0.2, -0.15) is 0 Å². The summed E-state index contributed by atoms with van der Waals surface area (Å²) in [6.45, 7) is 6.63. The average Bonchev–Trinajstić information content (AvgIpc) is 2.85. The number of rotatable bonds is 18. The predicted octanol–water partition coefficient (Wildman–Crippen LogP) is 8.76. The molecule has 0 radical (unpaired) electrons. The fourth-order valence-electron chi connectivity index (χ4n) is 3.94. The fourth-order valence-corrected chi connectivity index (χ4v) is 3.94. The van der Waals surface area contributed by atoms with Crippen LogP contribution in [0.3, 0.4) is 0 Å². The maximum absolute atomic E-state index is 14.0. The molecule has 0 fully saturated rings. The molecule has 0 spiro atoms. The summed E-state index contributed by atoms with van der Waals surface area (Å²) < 4.78 is 19.5. The van der Waals surface area contributed by atoms with Gasteiger partial charge in [-0.05, 0) is 37.2 Å². The first-order chi connectivity index (χ1) is 16.1. The second-order valence-electron chi connectivity index (χ2n) is 9.52. The molecule has 0 N–H and O–H groups in total. The Kier molecular flexibility index (Phi) is 13.7. The van der Waals surface area contributed by atoms with Gasteiger partial charge in [-0.3, -0.25) is 0 Å². The lowest BCUT2D eigenvalue weighted by Gasteiger charge is -2.12. The molecule has 184 valence electrons. The van der Waals surface area contributed by atoms with E-state index in [0.717, 1.165) is 24.8 Å². The van der Waals surface area contributed by atoms with Gasteiger partial charge in [0.1, 0.15) is 12.8 Å². The summed E-state index contributed by atoms with van der Waals surface area (Å²) in [6.07, 6.45) is 18.2. The third-order valence-electron chi connectivity index (χ3n) is 6.51. The number of alkyl halides is 1. The number of unbranched alkanes of at least 4 members (excludes halogenated alkanes) is 8. The standard InChI is InChI=1S/C29H45FN2O/c1-4-6-7-8-9-10-11-12-13-14-25-16-18-26(19-17-25)29-31-21-28(22-32-29)33-23-27(30)20-15-24(3)5-2/h16-19,21-22,24,27H,4-15,20,23H2,1-3H3. The molecule has 33 heavy (non-hydrogen) atoms. The van der Waals surface area contributed by atoms with Crippen LogP contribution in [0.5, 0.6) is 5.75 Å². The Bertz CT molecular complexity index is 732. The fraction of sp³-hybridized carbons (Fsp3) is 0.655. The highest BCUT2D eigenvalue weighted by atomic mass is 19.1. The zero-order valence-corrected chi connectivity index (χ0v) is 21.2. The SMILES string of the molecule is CCCCCCCCCCCc1ccc(-c2ncc(OCC(F)CCC(C)CC)cn2)cc1. The third kappa shape index (κ3) is 11.6. The number of hydrogen-bond donors (Lipinski definition) is 0. The summed E-state index contributed by atoms with van der Waals surface area (Å²) in [4.78, 5) is 8.82. The molecule has 2 unspecified atom stereocenters. The second-order valence-corrected chi connectivity index (χ2v) is 9.52.